The van der Waals surface area contributed by atoms with E-state index < -0.39 is 0 Å². The molecular weight excluding hydrogens is 296 g/mol. The van der Waals surface area contributed by atoms with Crippen molar-refractivity contribution < 1.29 is 4.79 Å². The molecule has 118 valence electrons. The lowest BCUT2D eigenvalue weighted by atomic mass is 9.99. The molecule has 0 radical (unpaired) electrons. The SMILES string of the molecule is CC[C@H](C)c1ccc(NC(=O)CSc2nncn2CC)cc1. The number of benzene rings is 1. The molecule has 0 aliphatic rings. The van der Waals surface area contributed by atoms with Crippen molar-refractivity contribution >= 4 is 23.4 Å². The molecule has 1 amide bonds. The molecule has 1 N–H and O–H groups in total. The predicted octanol–water partition coefficient (Wildman–Crippen LogP) is 3.54. The molecule has 0 spiro atoms. The van der Waals surface area contributed by atoms with Crippen molar-refractivity contribution in [1.29, 1.82) is 0 Å². The van der Waals surface area contributed by atoms with Crippen LogP contribution in [0.3, 0.4) is 0 Å². The van der Waals surface area contributed by atoms with Crippen LogP contribution in [-0.4, -0.2) is 26.4 Å². The van der Waals surface area contributed by atoms with Crippen molar-refractivity contribution in [1.82, 2.24) is 14.8 Å². The second-order valence-corrected chi connectivity index (χ2v) is 6.11. The molecule has 2 aromatic rings. The lowest BCUT2D eigenvalue weighted by Crippen LogP contribution is -2.14. The van der Waals surface area contributed by atoms with E-state index >= 15 is 0 Å². The zero-order valence-electron chi connectivity index (χ0n) is 13.2. The number of nitrogens with one attached hydrogen (secondary N) is 1. The minimum atomic E-state index is -0.0352. The lowest BCUT2D eigenvalue weighted by molar-refractivity contribution is -0.113. The Morgan fingerprint density at radius 2 is 2.05 bits per heavy atom. The lowest BCUT2D eigenvalue weighted by Gasteiger charge is -2.10. The van der Waals surface area contributed by atoms with Crippen molar-refractivity contribution in [2.75, 3.05) is 11.1 Å². The summed E-state index contributed by atoms with van der Waals surface area (Å²) in [4.78, 5) is 12.0. The maximum atomic E-state index is 12.0. The Bertz CT molecular complexity index is 609. The van der Waals surface area contributed by atoms with Crippen LogP contribution in [-0.2, 0) is 11.3 Å². The molecule has 22 heavy (non-hydrogen) atoms. The van der Waals surface area contributed by atoms with Gasteiger partial charge in [0.2, 0.25) is 5.91 Å². The summed E-state index contributed by atoms with van der Waals surface area (Å²) >= 11 is 1.39. The smallest absolute Gasteiger partial charge is 0.234 e. The molecular formula is C16H22N4OS. The van der Waals surface area contributed by atoms with Gasteiger partial charge in [0, 0.05) is 12.2 Å². The number of hydrogen-bond acceptors (Lipinski definition) is 4. The van der Waals surface area contributed by atoms with Gasteiger partial charge < -0.3 is 9.88 Å². The minimum absolute atomic E-state index is 0.0352. The van der Waals surface area contributed by atoms with Gasteiger partial charge in [0.1, 0.15) is 6.33 Å². The van der Waals surface area contributed by atoms with E-state index in [2.05, 4.69) is 41.5 Å². The van der Waals surface area contributed by atoms with Crippen LogP contribution in [0.25, 0.3) is 0 Å². The fraction of sp³-hybridized carbons (Fsp3) is 0.438. The highest BCUT2D eigenvalue weighted by Gasteiger charge is 2.09. The van der Waals surface area contributed by atoms with E-state index in [0.717, 1.165) is 23.8 Å². The zero-order chi connectivity index (χ0) is 15.9. The van der Waals surface area contributed by atoms with Crippen LogP contribution >= 0.6 is 11.8 Å². The predicted molar refractivity (Wildman–Crippen MR) is 90.2 cm³/mol. The average Bonchev–Trinajstić information content (AvgIpc) is 3.00. The number of rotatable bonds is 7. The fourth-order valence-corrected chi connectivity index (χ4v) is 2.81. The standard InChI is InChI=1S/C16H22N4OS/c1-4-12(3)13-6-8-14(9-7-13)18-15(21)10-22-16-19-17-11-20(16)5-2/h6-9,11-12H,4-5,10H2,1-3H3,(H,18,21)/t12-/m0/s1. The van der Waals surface area contributed by atoms with Gasteiger partial charge in [-0.1, -0.05) is 37.7 Å². The third kappa shape index (κ3) is 4.34. The number of thioether (sulfide) groups is 1. The van der Waals surface area contributed by atoms with E-state index in [-0.39, 0.29) is 5.91 Å². The molecule has 1 aromatic carbocycles. The number of carbonyl (C=O) groups is 1. The maximum Gasteiger partial charge on any atom is 0.234 e. The van der Waals surface area contributed by atoms with Crippen LogP contribution in [0.4, 0.5) is 5.69 Å². The first kappa shape index (κ1) is 16.5. The minimum Gasteiger partial charge on any atom is -0.325 e. The van der Waals surface area contributed by atoms with Crippen LogP contribution in [0.5, 0.6) is 0 Å². The summed E-state index contributed by atoms with van der Waals surface area (Å²) in [6.07, 6.45) is 2.79. The zero-order valence-corrected chi connectivity index (χ0v) is 14.1. The molecule has 2 rings (SSSR count). The van der Waals surface area contributed by atoms with E-state index in [4.69, 9.17) is 0 Å². The van der Waals surface area contributed by atoms with Gasteiger partial charge in [-0.3, -0.25) is 4.79 Å². The molecule has 1 heterocycles. The van der Waals surface area contributed by atoms with Crippen LogP contribution in [0.15, 0.2) is 35.7 Å². The molecule has 1 aromatic heterocycles. The first-order valence-electron chi connectivity index (χ1n) is 7.54. The van der Waals surface area contributed by atoms with Gasteiger partial charge in [-0.15, -0.1) is 10.2 Å². The Balaban J connectivity index is 1.86. The van der Waals surface area contributed by atoms with Crippen molar-refractivity contribution in [2.45, 2.75) is 44.8 Å². The second kappa shape index (κ2) is 7.98. The van der Waals surface area contributed by atoms with Crippen molar-refractivity contribution in [3.8, 4) is 0 Å². The van der Waals surface area contributed by atoms with Gasteiger partial charge in [0.05, 0.1) is 5.75 Å². The number of amides is 1. The first-order chi connectivity index (χ1) is 10.6. The maximum absolute atomic E-state index is 12.0. The summed E-state index contributed by atoms with van der Waals surface area (Å²) in [6, 6.07) is 8.06. The fourth-order valence-electron chi connectivity index (χ4n) is 2.03. The Labute approximate surface area is 135 Å². The van der Waals surface area contributed by atoms with Gasteiger partial charge in [0.15, 0.2) is 5.16 Å². The number of anilines is 1. The van der Waals surface area contributed by atoms with Crippen molar-refractivity contribution in [3.05, 3.63) is 36.2 Å². The molecule has 0 saturated heterocycles. The Hall–Kier alpha value is -1.82. The van der Waals surface area contributed by atoms with Crippen LogP contribution in [0.2, 0.25) is 0 Å². The van der Waals surface area contributed by atoms with Gasteiger partial charge in [0.25, 0.3) is 0 Å². The third-order valence-electron chi connectivity index (χ3n) is 3.63. The first-order valence-corrected chi connectivity index (χ1v) is 8.53. The van der Waals surface area contributed by atoms with Crippen molar-refractivity contribution in [3.63, 3.8) is 0 Å². The number of aromatic nitrogens is 3. The Morgan fingerprint density at radius 1 is 1.32 bits per heavy atom. The summed E-state index contributed by atoms with van der Waals surface area (Å²) in [5.41, 5.74) is 2.13. The Kier molecular flexibility index (Phi) is 6.00. The van der Waals surface area contributed by atoms with Gasteiger partial charge in [-0.25, -0.2) is 0 Å². The van der Waals surface area contributed by atoms with E-state index in [0.29, 0.717) is 11.7 Å². The molecule has 0 aliphatic heterocycles. The highest BCUT2D eigenvalue weighted by atomic mass is 32.2. The number of carbonyl (C=O) groups excluding carboxylic acids is 1. The highest BCUT2D eigenvalue weighted by Crippen LogP contribution is 2.21. The molecule has 0 aliphatic carbocycles. The van der Waals surface area contributed by atoms with Gasteiger partial charge >= 0.3 is 0 Å². The number of aryl methyl sites for hydroxylation is 1. The van der Waals surface area contributed by atoms with Crippen LogP contribution in [0, 0.1) is 0 Å². The number of nitrogens with zero attached hydrogens (tertiary/aromatic N) is 3. The van der Waals surface area contributed by atoms with E-state index in [1.54, 1.807) is 6.33 Å². The largest absolute Gasteiger partial charge is 0.325 e. The molecule has 1 atom stereocenters. The van der Waals surface area contributed by atoms with Gasteiger partial charge in [-0.05, 0) is 37.0 Å². The molecule has 5 nitrogen and oxygen atoms in total. The average molecular weight is 318 g/mol. The summed E-state index contributed by atoms with van der Waals surface area (Å²) in [7, 11) is 0. The molecule has 0 unspecified atom stereocenters. The van der Waals surface area contributed by atoms with E-state index in [1.807, 2.05) is 23.6 Å². The van der Waals surface area contributed by atoms with E-state index in [9.17, 15) is 4.79 Å². The Morgan fingerprint density at radius 3 is 2.68 bits per heavy atom. The topological polar surface area (TPSA) is 59.8 Å². The molecule has 0 bridgehead atoms. The second-order valence-electron chi connectivity index (χ2n) is 5.17. The summed E-state index contributed by atoms with van der Waals surface area (Å²) < 4.78 is 1.92. The monoisotopic (exact) mass is 318 g/mol. The third-order valence-corrected chi connectivity index (χ3v) is 4.61. The summed E-state index contributed by atoms with van der Waals surface area (Å²) in [5.74, 6) is 0.832. The van der Waals surface area contributed by atoms with E-state index in [1.165, 1.54) is 17.3 Å². The quantitative estimate of drug-likeness (QED) is 0.793. The molecule has 0 saturated carbocycles. The van der Waals surface area contributed by atoms with Crippen LogP contribution in [0.1, 0.15) is 38.7 Å². The van der Waals surface area contributed by atoms with Gasteiger partial charge in [-0.2, -0.15) is 0 Å². The normalized spacial score (nSPS) is 12.1. The van der Waals surface area contributed by atoms with Crippen molar-refractivity contribution in [2.24, 2.45) is 0 Å². The molecule has 6 heteroatoms. The number of hydrogen-bond donors (Lipinski definition) is 1. The highest BCUT2D eigenvalue weighted by molar-refractivity contribution is 7.99. The summed E-state index contributed by atoms with van der Waals surface area (Å²) in [6.45, 7) is 7.20. The van der Waals surface area contributed by atoms with Crippen LogP contribution < -0.4 is 5.32 Å². The summed E-state index contributed by atoms with van der Waals surface area (Å²) in [5, 5.41) is 11.5. The molecule has 0 fully saturated rings.